The first-order valence-corrected chi connectivity index (χ1v) is 9.18. The molecule has 0 atom stereocenters. The summed E-state index contributed by atoms with van der Waals surface area (Å²) in [4.78, 5) is 91.7. The third-order valence-corrected chi connectivity index (χ3v) is 0. The van der Waals surface area contributed by atoms with E-state index >= 15 is 0 Å². The van der Waals surface area contributed by atoms with E-state index < -0.39 is 31.3 Å². The zero-order valence-corrected chi connectivity index (χ0v) is 16.8. The van der Waals surface area contributed by atoms with Gasteiger partial charge in [-0.05, 0) is 0 Å². The van der Waals surface area contributed by atoms with Crippen LogP contribution in [0.5, 0.6) is 0 Å². The smallest absolute Gasteiger partial charge is 0.756 e. The number of phosphoric acid groups is 4. The van der Waals surface area contributed by atoms with Crippen molar-refractivity contribution in [2.45, 2.75) is 0 Å². The summed E-state index contributed by atoms with van der Waals surface area (Å²) in [6, 6.07) is 0. The van der Waals surface area contributed by atoms with E-state index in [9.17, 15) is 0 Å². The first-order chi connectivity index (χ1) is 8.00. The van der Waals surface area contributed by atoms with Gasteiger partial charge >= 0.3 is 39.9 Å². The van der Waals surface area contributed by atoms with Crippen LogP contribution in [0, 0.1) is 39.9 Å². The standard InChI is InChI=1S/4H3O4P.Th/c4*1-5(2,3)4;/h4*(H3,1,2,3,4);/q;;;;+4/p-4. The Kier molecular flexibility index (Phi) is 23.0. The van der Waals surface area contributed by atoms with Crippen molar-refractivity contribution in [3.8, 4) is 0 Å². The molecule has 0 aromatic carbocycles. The second-order valence-electron chi connectivity index (χ2n) is 1.96. The van der Waals surface area contributed by atoms with Crippen molar-refractivity contribution in [3.05, 3.63) is 0 Å². The van der Waals surface area contributed by atoms with Crippen molar-refractivity contribution >= 4 is 31.3 Å². The van der Waals surface area contributed by atoms with E-state index in [2.05, 4.69) is 0 Å². The maximum Gasteiger partial charge on any atom is 4.00 e. The Balaban J connectivity index is -0.0000000533. The zero-order valence-electron chi connectivity index (χ0n) is 9.13. The van der Waals surface area contributed by atoms with Crippen LogP contribution < -0.4 is 19.6 Å². The van der Waals surface area contributed by atoms with Gasteiger partial charge in [-0.15, -0.1) is 0 Å². The number of hydrogen-bond donors (Lipinski definition) is 8. The predicted molar refractivity (Wildman–Crippen MR) is 48.2 cm³/mol. The third kappa shape index (κ3) is 2730. The van der Waals surface area contributed by atoms with E-state index in [1.165, 1.54) is 0 Å². The molecule has 0 aliphatic carbocycles. The molecule has 0 bridgehead atoms. The summed E-state index contributed by atoms with van der Waals surface area (Å²) in [6.07, 6.45) is 0. The van der Waals surface area contributed by atoms with Gasteiger partial charge in [0.25, 0.3) is 31.3 Å². The molecule has 0 aliphatic rings. The molecule has 0 saturated heterocycles. The average Bonchev–Trinajstić information content (AvgIpc) is 1.62. The van der Waals surface area contributed by atoms with E-state index in [1.807, 2.05) is 0 Å². The van der Waals surface area contributed by atoms with Gasteiger partial charge in [0.05, 0.1) is 0 Å². The molecule has 0 aromatic heterocycles. The molecular formula is H8O16P4Th. The van der Waals surface area contributed by atoms with Crippen LogP contribution in [0.2, 0.25) is 0 Å². The van der Waals surface area contributed by atoms with Gasteiger partial charge in [-0.1, -0.05) is 0 Å². The molecule has 0 heterocycles. The minimum absolute atomic E-state index is 0. The second-order valence-corrected chi connectivity index (χ2v) is 5.89. The van der Waals surface area contributed by atoms with Crippen molar-refractivity contribution in [2.75, 3.05) is 0 Å². The second kappa shape index (κ2) is 14.1. The molecule has 8 N–H and O–H groups in total. The summed E-state index contributed by atoms with van der Waals surface area (Å²) in [5.41, 5.74) is 0. The van der Waals surface area contributed by atoms with E-state index in [0.717, 1.165) is 0 Å². The Morgan fingerprint density at radius 1 is 0.429 bits per heavy atom. The first-order valence-electron chi connectivity index (χ1n) is 3.06. The maximum atomic E-state index is 8.77. The maximum absolute atomic E-state index is 8.77. The fraction of sp³-hybridized carbons (Fsp3) is 0. The van der Waals surface area contributed by atoms with Gasteiger partial charge in [0, 0.05) is 0 Å². The number of hydrogen-bond acceptors (Lipinski definition) is 8. The van der Waals surface area contributed by atoms with Crippen molar-refractivity contribution in [3.63, 3.8) is 0 Å². The van der Waals surface area contributed by atoms with E-state index in [-0.39, 0.29) is 39.9 Å². The first kappa shape index (κ1) is 34.2. The molecule has 0 fully saturated rings. The molecule has 128 valence electrons. The molecule has 21 heteroatoms. The van der Waals surface area contributed by atoms with Crippen LogP contribution in [0.4, 0.5) is 0 Å². The van der Waals surface area contributed by atoms with Crippen LogP contribution in [0.1, 0.15) is 0 Å². The van der Waals surface area contributed by atoms with Gasteiger partial charge in [0.2, 0.25) is 0 Å². The van der Waals surface area contributed by atoms with Crippen LogP contribution in [0.3, 0.4) is 0 Å². The Labute approximate surface area is 147 Å². The normalized spacial score (nSPS) is 11.2. The van der Waals surface area contributed by atoms with E-state index in [4.69, 9.17) is 77.0 Å². The molecule has 21 heavy (non-hydrogen) atoms. The van der Waals surface area contributed by atoms with Crippen molar-refractivity contribution in [1.29, 1.82) is 0 Å². The van der Waals surface area contributed by atoms with E-state index in [1.54, 1.807) is 0 Å². The predicted octanol–water partition coefficient (Wildman–Crippen LogP) is -6.24. The van der Waals surface area contributed by atoms with Gasteiger partial charge in [-0.25, -0.2) is 0 Å². The van der Waals surface area contributed by atoms with Crippen molar-refractivity contribution < 1.29 is 117 Å². The van der Waals surface area contributed by atoms with Gasteiger partial charge in [-0.3, -0.25) is 18.3 Å². The van der Waals surface area contributed by atoms with Gasteiger partial charge in [-0.2, -0.15) is 0 Å². The number of rotatable bonds is 0. The van der Waals surface area contributed by atoms with Crippen molar-refractivity contribution in [2.24, 2.45) is 0 Å². The molecule has 0 unspecified atom stereocenters. The molecular weight excluding hydrogens is 612 g/mol. The molecule has 0 radical (unpaired) electrons. The van der Waals surface area contributed by atoms with Gasteiger partial charge in [0.1, 0.15) is 0 Å². The average molecular weight is 620 g/mol. The van der Waals surface area contributed by atoms with Crippen LogP contribution in [0.25, 0.3) is 0 Å². The molecule has 0 amide bonds. The molecule has 0 aliphatic heterocycles. The Morgan fingerprint density at radius 2 is 0.429 bits per heavy atom. The van der Waals surface area contributed by atoms with Crippen LogP contribution >= 0.6 is 31.3 Å². The third-order valence-electron chi connectivity index (χ3n) is 0. The molecule has 0 aromatic rings. The van der Waals surface area contributed by atoms with Gasteiger partial charge in [0.15, 0.2) is 0 Å². The summed E-state index contributed by atoms with van der Waals surface area (Å²) < 4.78 is 35.1. The van der Waals surface area contributed by atoms with Gasteiger partial charge < -0.3 is 58.7 Å². The van der Waals surface area contributed by atoms with Crippen molar-refractivity contribution in [1.82, 2.24) is 0 Å². The Morgan fingerprint density at radius 3 is 0.429 bits per heavy atom. The van der Waals surface area contributed by atoms with Crippen LogP contribution in [-0.2, 0) is 18.3 Å². The summed E-state index contributed by atoms with van der Waals surface area (Å²) in [5, 5.41) is 0. The Hall–Kier alpha value is 1.76. The fourth-order valence-electron chi connectivity index (χ4n) is 0. The monoisotopic (exact) mass is 620 g/mol. The Bertz CT molecular complexity index is 285. The topological polar surface area (TPSA) is 322 Å². The van der Waals surface area contributed by atoms with Crippen LogP contribution in [0.15, 0.2) is 0 Å². The van der Waals surface area contributed by atoms with E-state index in [0.29, 0.717) is 0 Å². The zero-order chi connectivity index (χ0) is 18.0. The fourth-order valence-corrected chi connectivity index (χ4v) is 0. The SMILES string of the molecule is O=P([O-])(O)O.O=P([O-])(O)O.O=P([O-])(O)O.O=P([O-])(O)O.[Th+4]. The quantitative estimate of drug-likeness (QED) is 0.117. The van der Waals surface area contributed by atoms with Crippen LogP contribution in [-0.4, -0.2) is 39.1 Å². The largest absolute Gasteiger partial charge is 4.00 e. The summed E-state index contributed by atoms with van der Waals surface area (Å²) in [7, 11) is -19.6. The summed E-state index contributed by atoms with van der Waals surface area (Å²) >= 11 is 0. The molecule has 0 spiro atoms. The molecule has 16 nitrogen and oxygen atoms in total. The minimum atomic E-state index is -4.89. The molecule has 0 saturated carbocycles. The summed E-state index contributed by atoms with van der Waals surface area (Å²) in [5.74, 6) is 0. The summed E-state index contributed by atoms with van der Waals surface area (Å²) in [6.45, 7) is 0. The minimum Gasteiger partial charge on any atom is -0.756 e. The molecule has 0 rings (SSSR count).